The van der Waals surface area contributed by atoms with E-state index in [4.69, 9.17) is 16.3 Å². The fourth-order valence-corrected chi connectivity index (χ4v) is 2.46. The van der Waals surface area contributed by atoms with Gasteiger partial charge in [0.1, 0.15) is 5.75 Å². The number of benzene rings is 2. The highest BCUT2D eigenvalue weighted by Gasteiger charge is 2.31. The molecule has 0 bridgehead atoms. The summed E-state index contributed by atoms with van der Waals surface area (Å²) in [6.07, 6.45) is -5.43. The van der Waals surface area contributed by atoms with E-state index in [0.717, 1.165) is 29.3 Å². The fourth-order valence-electron chi connectivity index (χ4n) is 2.29. The smallest absolute Gasteiger partial charge is 0.416 e. The zero-order chi connectivity index (χ0) is 18.8. The number of rotatable bonds is 4. The lowest BCUT2D eigenvalue weighted by Crippen LogP contribution is -2.30. The lowest BCUT2D eigenvalue weighted by Gasteiger charge is -2.17. The van der Waals surface area contributed by atoms with Gasteiger partial charge in [0.25, 0.3) is 5.91 Å². The highest BCUT2D eigenvalue weighted by atomic mass is 35.5. The monoisotopic (exact) mass is 371 g/mol. The van der Waals surface area contributed by atoms with Crippen LogP contribution in [0.15, 0.2) is 36.4 Å². The van der Waals surface area contributed by atoms with E-state index in [1.807, 2.05) is 19.9 Å². The molecule has 1 N–H and O–H groups in total. The number of hydrogen-bond acceptors (Lipinski definition) is 2. The highest BCUT2D eigenvalue weighted by Crippen LogP contribution is 2.34. The van der Waals surface area contributed by atoms with Crippen molar-refractivity contribution in [3.8, 4) is 5.75 Å². The van der Waals surface area contributed by atoms with Crippen LogP contribution in [-0.2, 0) is 11.0 Å². The van der Waals surface area contributed by atoms with Crippen molar-refractivity contribution < 1.29 is 22.7 Å². The third kappa shape index (κ3) is 5.13. The van der Waals surface area contributed by atoms with Crippen molar-refractivity contribution in [1.29, 1.82) is 0 Å². The van der Waals surface area contributed by atoms with Crippen LogP contribution in [0.5, 0.6) is 5.75 Å². The molecule has 134 valence electrons. The Hall–Kier alpha value is -2.21. The van der Waals surface area contributed by atoms with Gasteiger partial charge in [0.05, 0.1) is 16.3 Å². The Balaban J connectivity index is 2.13. The van der Waals surface area contributed by atoms with Gasteiger partial charge in [-0.05, 0) is 62.2 Å². The molecule has 0 saturated heterocycles. The SMILES string of the molecule is Cc1cc(C)cc(O[C@@H](C)C(=O)Nc2cc(C(F)(F)F)ccc2Cl)c1. The zero-order valence-electron chi connectivity index (χ0n) is 13.9. The van der Waals surface area contributed by atoms with Crippen molar-refractivity contribution in [3.05, 3.63) is 58.1 Å². The lowest BCUT2D eigenvalue weighted by molar-refractivity contribution is -0.137. The molecular weight excluding hydrogens is 355 g/mol. The third-order valence-corrected chi connectivity index (χ3v) is 3.76. The van der Waals surface area contributed by atoms with E-state index in [9.17, 15) is 18.0 Å². The van der Waals surface area contributed by atoms with Crippen LogP contribution in [0.3, 0.4) is 0 Å². The first-order valence-electron chi connectivity index (χ1n) is 7.49. The third-order valence-electron chi connectivity index (χ3n) is 3.43. The van der Waals surface area contributed by atoms with Crippen molar-refractivity contribution in [2.75, 3.05) is 5.32 Å². The highest BCUT2D eigenvalue weighted by molar-refractivity contribution is 6.33. The standard InChI is InChI=1S/C18H17ClF3NO2/c1-10-6-11(2)8-14(7-10)25-12(3)17(24)23-16-9-13(18(20,21)22)4-5-15(16)19/h4-9,12H,1-3H3,(H,23,24)/t12-/m0/s1. The maximum Gasteiger partial charge on any atom is 0.416 e. The van der Waals surface area contributed by atoms with Gasteiger partial charge in [-0.25, -0.2) is 0 Å². The fraction of sp³-hybridized carbons (Fsp3) is 0.278. The van der Waals surface area contributed by atoms with Crippen LogP contribution in [0.1, 0.15) is 23.6 Å². The van der Waals surface area contributed by atoms with Crippen molar-refractivity contribution in [1.82, 2.24) is 0 Å². The van der Waals surface area contributed by atoms with E-state index < -0.39 is 23.8 Å². The number of aryl methyl sites for hydroxylation is 2. The Labute approximate surface area is 148 Å². The van der Waals surface area contributed by atoms with Gasteiger partial charge < -0.3 is 10.1 Å². The Morgan fingerprint density at radius 3 is 2.28 bits per heavy atom. The number of carbonyl (C=O) groups is 1. The normalized spacial score (nSPS) is 12.6. The van der Waals surface area contributed by atoms with Crippen LogP contribution in [-0.4, -0.2) is 12.0 Å². The van der Waals surface area contributed by atoms with E-state index in [-0.39, 0.29) is 10.7 Å². The minimum Gasteiger partial charge on any atom is -0.481 e. The van der Waals surface area contributed by atoms with Crippen molar-refractivity contribution in [2.45, 2.75) is 33.1 Å². The second-order valence-electron chi connectivity index (χ2n) is 5.77. The molecule has 2 aromatic carbocycles. The molecule has 2 aromatic rings. The average molecular weight is 372 g/mol. The summed E-state index contributed by atoms with van der Waals surface area (Å²) >= 11 is 5.87. The Morgan fingerprint density at radius 2 is 1.72 bits per heavy atom. The van der Waals surface area contributed by atoms with Crippen molar-refractivity contribution in [2.24, 2.45) is 0 Å². The van der Waals surface area contributed by atoms with Gasteiger partial charge in [0.15, 0.2) is 6.10 Å². The number of anilines is 1. The molecule has 0 aromatic heterocycles. The van der Waals surface area contributed by atoms with Gasteiger partial charge in [-0.3, -0.25) is 4.79 Å². The summed E-state index contributed by atoms with van der Waals surface area (Å²) in [6, 6.07) is 8.24. The summed E-state index contributed by atoms with van der Waals surface area (Å²) in [5.41, 5.74) is 0.944. The molecule has 0 aliphatic heterocycles. The molecule has 0 heterocycles. The molecule has 7 heteroatoms. The summed E-state index contributed by atoms with van der Waals surface area (Å²) in [4.78, 5) is 12.2. The van der Waals surface area contributed by atoms with E-state index in [2.05, 4.69) is 5.32 Å². The van der Waals surface area contributed by atoms with Gasteiger partial charge >= 0.3 is 6.18 Å². The second-order valence-corrected chi connectivity index (χ2v) is 6.17. The van der Waals surface area contributed by atoms with Crippen LogP contribution in [0, 0.1) is 13.8 Å². The quantitative estimate of drug-likeness (QED) is 0.783. The number of amides is 1. The number of alkyl halides is 3. The van der Waals surface area contributed by atoms with Crippen LogP contribution < -0.4 is 10.1 Å². The number of ether oxygens (including phenoxy) is 1. The van der Waals surface area contributed by atoms with Crippen LogP contribution in [0.25, 0.3) is 0 Å². The Kier molecular flexibility index (Phi) is 5.62. The second kappa shape index (κ2) is 7.35. The maximum absolute atomic E-state index is 12.8. The lowest BCUT2D eigenvalue weighted by atomic mass is 10.1. The summed E-state index contributed by atoms with van der Waals surface area (Å²) in [7, 11) is 0. The minimum atomic E-state index is -4.52. The number of nitrogens with one attached hydrogen (secondary N) is 1. The molecule has 0 unspecified atom stereocenters. The summed E-state index contributed by atoms with van der Waals surface area (Å²) in [6.45, 7) is 5.30. The Morgan fingerprint density at radius 1 is 1.12 bits per heavy atom. The molecular formula is C18H17ClF3NO2. The van der Waals surface area contributed by atoms with E-state index in [1.54, 1.807) is 12.1 Å². The number of halogens is 4. The van der Waals surface area contributed by atoms with Gasteiger partial charge in [-0.1, -0.05) is 17.7 Å². The maximum atomic E-state index is 12.8. The molecule has 0 spiro atoms. The predicted octanol–water partition coefficient (Wildman–Crippen LogP) is 5.38. The van der Waals surface area contributed by atoms with E-state index in [0.29, 0.717) is 5.75 Å². The first-order chi connectivity index (χ1) is 11.6. The van der Waals surface area contributed by atoms with E-state index >= 15 is 0 Å². The largest absolute Gasteiger partial charge is 0.481 e. The summed E-state index contributed by atoms with van der Waals surface area (Å²) in [5.74, 6) is -0.0873. The molecule has 2 rings (SSSR count). The van der Waals surface area contributed by atoms with Gasteiger partial charge in [0, 0.05) is 0 Å². The summed E-state index contributed by atoms with van der Waals surface area (Å²) in [5, 5.41) is 2.39. The van der Waals surface area contributed by atoms with Crippen LogP contribution in [0.2, 0.25) is 5.02 Å². The van der Waals surface area contributed by atoms with Crippen molar-refractivity contribution in [3.63, 3.8) is 0 Å². The molecule has 0 aliphatic rings. The molecule has 0 saturated carbocycles. The first kappa shape index (κ1) is 19.1. The minimum absolute atomic E-state index is 0.0138. The summed E-state index contributed by atoms with van der Waals surface area (Å²) < 4.78 is 43.9. The predicted molar refractivity (Wildman–Crippen MR) is 91.1 cm³/mol. The van der Waals surface area contributed by atoms with E-state index in [1.165, 1.54) is 6.92 Å². The molecule has 1 atom stereocenters. The van der Waals surface area contributed by atoms with Gasteiger partial charge in [-0.15, -0.1) is 0 Å². The molecule has 1 amide bonds. The topological polar surface area (TPSA) is 38.3 Å². The van der Waals surface area contributed by atoms with Crippen LogP contribution in [0.4, 0.5) is 18.9 Å². The first-order valence-corrected chi connectivity index (χ1v) is 7.86. The molecule has 25 heavy (non-hydrogen) atoms. The zero-order valence-corrected chi connectivity index (χ0v) is 14.6. The Bertz CT molecular complexity index is 770. The molecule has 3 nitrogen and oxygen atoms in total. The van der Waals surface area contributed by atoms with Gasteiger partial charge in [-0.2, -0.15) is 13.2 Å². The van der Waals surface area contributed by atoms with Gasteiger partial charge in [0.2, 0.25) is 0 Å². The van der Waals surface area contributed by atoms with Crippen molar-refractivity contribution >= 4 is 23.2 Å². The molecule has 0 fully saturated rings. The number of hydrogen-bond donors (Lipinski definition) is 1. The average Bonchev–Trinajstić information content (AvgIpc) is 2.47. The molecule has 0 radical (unpaired) electrons. The number of carbonyl (C=O) groups excluding carboxylic acids is 1. The molecule has 0 aliphatic carbocycles. The van der Waals surface area contributed by atoms with Crippen LogP contribution >= 0.6 is 11.6 Å².